The maximum Gasteiger partial charge on any atom is 0.359 e. The number of nitrogens with zero attached hydrogens (tertiary/aromatic N) is 3. The van der Waals surface area contributed by atoms with Gasteiger partial charge < -0.3 is 15.3 Å². The van der Waals surface area contributed by atoms with Gasteiger partial charge in [-0.1, -0.05) is 62.0 Å². The molecule has 1 aromatic heterocycles. The van der Waals surface area contributed by atoms with Crippen LogP contribution in [-0.2, 0) is 20.7 Å². The molecule has 0 saturated heterocycles. The molecule has 0 aliphatic carbocycles. The molecule has 0 amide bonds. The van der Waals surface area contributed by atoms with Crippen LogP contribution in [0.2, 0.25) is 0 Å². The Kier molecular flexibility index (Phi) is 7.39. The lowest BCUT2D eigenvalue weighted by molar-refractivity contribution is 0.0588. The van der Waals surface area contributed by atoms with E-state index in [4.69, 9.17) is 15.3 Å². The van der Waals surface area contributed by atoms with Crippen LogP contribution in [0, 0.1) is 0 Å². The van der Waals surface area contributed by atoms with E-state index >= 15 is 0 Å². The van der Waals surface area contributed by atoms with Gasteiger partial charge in [0.15, 0.2) is 11.5 Å². The summed E-state index contributed by atoms with van der Waals surface area (Å²) in [6.45, 7) is 8.70. The topological polar surface area (TPSA) is 99.7 Å². The van der Waals surface area contributed by atoms with Gasteiger partial charge in [0.2, 0.25) is 0 Å². The Balaban J connectivity index is 2.21. The average Bonchev–Trinajstić information content (AvgIpc) is 2.69. The summed E-state index contributed by atoms with van der Waals surface area (Å²) in [4.78, 5) is 25.7. The first-order valence-corrected chi connectivity index (χ1v) is 9.88. The fraction of sp³-hybridized carbons (Fsp3) is 0.400. The van der Waals surface area contributed by atoms with Crippen molar-refractivity contribution < 1.29 is 14.4 Å². The van der Waals surface area contributed by atoms with Crippen molar-refractivity contribution in [1.82, 2.24) is 9.97 Å². The number of benzene rings is 1. The number of oxime groups is 1. The number of thioether (sulfide) groups is 1. The zero-order valence-electron chi connectivity index (χ0n) is 16.9. The van der Waals surface area contributed by atoms with Crippen LogP contribution in [0.25, 0.3) is 0 Å². The number of aromatic nitrogens is 2. The van der Waals surface area contributed by atoms with Gasteiger partial charge >= 0.3 is 5.97 Å². The van der Waals surface area contributed by atoms with E-state index in [1.165, 1.54) is 30.6 Å². The highest BCUT2D eigenvalue weighted by Gasteiger charge is 2.19. The van der Waals surface area contributed by atoms with Crippen LogP contribution in [0.3, 0.4) is 0 Å². The molecule has 0 bridgehead atoms. The van der Waals surface area contributed by atoms with E-state index in [0.29, 0.717) is 17.4 Å². The predicted octanol–water partition coefficient (Wildman–Crippen LogP) is 3.51. The summed E-state index contributed by atoms with van der Waals surface area (Å²) >= 11 is 1.41. The summed E-state index contributed by atoms with van der Waals surface area (Å²) in [5.41, 5.74) is 8.68. The number of carbonyl (C=O) groups excluding carboxylic acids is 1. The fourth-order valence-corrected chi connectivity index (χ4v) is 3.16. The van der Waals surface area contributed by atoms with Crippen LogP contribution in [0.5, 0.6) is 0 Å². The predicted molar refractivity (Wildman–Crippen MR) is 110 cm³/mol. The van der Waals surface area contributed by atoms with Gasteiger partial charge in [0.25, 0.3) is 0 Å². The molecule has 0 atom stereocenters. The zero-order valence-corrected chi connectivity index (χ0v) is 17.7. The lowest BCUT2D eigenvalue weighted by atomic mass is 9.87. The van der Waals surface area contributed by atoms with Gasteiger partial charge in [-0.25, -0.2) is 14.8 Å². The number of nitrogens with two attached hydrogens (primary N) is 1. The molecule has 0 saturated carbocycles. The lowest BCUT2D eigenvalue weighted by Crippen LogP contribution is -2.19. The molecule has 150 valence electrons. The van der Waals surface area contributed by atoms with Crippen molar-refractivity contribution in [2.75, 3.05) is 13.7 Å². The molecule has 0 radical (unpaired) electrons. The van der Waals surface area contributed by atoms with Crippen molar-refractivity contribution in [3.63, 3.8) is 0 Å². The van der Waals surface area contributed by atoms with E-state index in [-0.39, 0.29) is 22.6 Å². The monoisotopic (exact) mass is 402 g/mol. The van der Waals surface area contributed by atoms with Gasteiger partial charge in [-0.2, -0.15) is 0 Å². The molecule has 28 heavy (non-hydrogen) atoms. The molecule has 2 rings (SSSR count). The number of ether oxygens (including phenoxy) is 1. The third kappa shape index (κ3) is 5.69. The highest BCUT2D eigenvalue weighted by molar-refractivity contribution is 7.98. The number of hydrogen-bond donors (Lipinski definition) is 1. The number of esters is 1. The standard InChI is InChI=1S/C20H26N4O3S/c1-6-27-24-17(21)15-11-22-18(16(23-15)19(25)26-5)28-12-13-7-9-14(10-8-13)20(2,3)4/h7-11H,6,12H2,1-5H3,(H2,21,24). The zero-order chi connectivity index (χ0) is 20.7. The Morgan fingerprint density at radius 2 is 1.93 bits per heavy atom. The van der Waals surface area contributed by atoms with E-state index < -0.39 is 5.97 Å². The smallest absolute Gasteiger partial charge is 0.359 e. The van der Waals surface area contributed by atoms with Crippen molar-refractivity contribution in [3.8, 4) is 0 Å². The van der Waals surface area contributed by atoms with E-state index in [1.54, 1.807) is 6.92 Å². The quantitative estimate of drug-likeness (QED) is 0.249. The minimum atomic E-state index is -0.579. The second-order valence-corrected chi connectivity index (χ2v) is 7.99. The van der Waals surface area contributed by atoms with Crippen LogP contribution < -0.4 is 5.73 Å². The second-order valence-electron chi connectivity index (χ2n) is 7.03. The summed E-state index contributed by atoms with van der Waals surface area (Å²) in [6.07, 6.45) is 1.47. The molecule has 8 heteroatoms. The summed E-state index contributed by atoms with van der Waals surface area (Å²) in [7, 11) is 1.30. The molecule has 0 fully saturated rings. The number of amidine groups is 1. The molecule has 0 spiro atoms. The average molecular weight is 403 g/mol. The van der Waals surface area contributed by atoms with Crippen molar-refractivity contribution in [2.24, 2.45) is 10.9 Å². The number of methoxy groups -OCH3 is 1. The van der Waals surface area contributed by atoms with Crippen LogP contribution in [0.15, 0.2) is 40.6 Å². The van der Waals surface area contributed by atoms with Gasteiger partial charge in [-0.3, -0.25) is 0 Å². The van der Waals surface area contributed by atoms with Gasteiger partial charge in [0, 0.05) is 5.75 Å². The largest absolute Gasteiger partial charge is 0.464 e. The summed E-state index contributed by atoms with van der Waals surface area (Å²) < 4.78 is 4.83. The molecular weight excluding hydrogens is 376 g/mol. The van der Waals surface area contributed by atoms with Gasteiger partial charge in [-0.15, -0.1) is 0 Å². The first-order valence-electron chi connectivity index (χ1n) is 8.89. The first kappa shape index (κ1) is 21.7. The van der Waals surface area contributed by atoms with Gasteiger partial charge in [0.05, 0.1) is 13.3 Å². The molecule has 0 unspecified atom stereocenters. The fourth-order valence-electron chi connectivity index (χ4n) is 2.27. The maximum atomic E-state index is 12.1. The lowest BCUT2D eigenvalue weighted by Gasteiger charge is -2.19. The number of carbonyl (C=O) groups is 1. The SMILES string of the molecule is CCO/N=C(\N)c1cnc(SCc2ccc(C(C)(C)C)cc2)c(C(=O)OC)n1. The van der Waals surface area contributed by atoms with E-state index in [9.17, 15) is 4.79 Å². The first-order chi connectivity index (χ1) is 13.3. The second kappa shape index (κ2) is 9.54. The van der Waals surface area contributed by atoms with Crippen LogP contribution in [0.1, 0.15) is 55.0 Å². The van der Waals surface area contributed by atoms with Crippen LogP contribution >= 0.6 is 11.8 Å². The third-order valence-corrected chi connectivity index (χ3v) is 4.92. The van der Waals surface area contributed by atoms with Crippen LogP contribution in [-0.4, -0.2) is 35.5 Å². The summed E-state index contributed by atoms with van der Waals surface area (Å²) in [6, 6.07) is 8.41. The molecular formula is C20H26N4O3S. The van der Waals surface area contributed by atoms with Crippen molar-refractivity contribution in [3.05, 3.63) is 53.0 Å². The minimum Gasteiger partial charge on any atom is -0.464 e. The molecule has 1 heterocycles. The van der Waals surface area contributed by atoms with Crippen molar-refractivity contribution in [1.29, 1.82) is 0 Å². The normalized spacial score (nSPS) is 12.0. The summed E-state index contributed by atoms with van der Waals surface area (Å²) in [5, 5.41) is 4.20. The molecule has 0 aliphatic rings. The Hall–Kier alpha value is -2.61. The molecule has 0 aliphatic heterocycles. The van der Waals surface area contributed by atoms with E-state index in [2.05, 4.69) is 60.2 Å². The highest BCUT2D eigenvalue weighted by atomic mass is 32.2. The third-order valence-electron chi connectivity index (χ3n) is 3.87. The van der Waals surface area contributed by atoms with Crippen molar-refractivity contribution >= 4 is 23.6 Å². The molecule has 1 aromatic carbocycles. The van der Waals surface area contributed by atoms with Crippen molar-refractivity contribution in [2.45, 2.75) is 43.9 Å². The highest BCUT2D eigenvalue weighted by Crippen LogP contribution is 2.26. The van der Waals surface area contributed by atoms with E-state index in [1.807, 2.05) is 0 Å². The molecule has 2 N–H and O–H groups in total. The summed E-state index contributed by atoms with van der Waals surface area (Å²) in [5.74, 6) is 0.114. The van der Waals surface area contributed by atoms with Crippen LogP contribution in [0.4, 0.5) is 0 Å². The Morgan fingerprint density at radius 1 is 1.25 bits per heavy atom. The molecule has 7 nitrogen and oxygen atoms in total. The number of rotatable bonds is 7. The number of hydrogen-bond acceptors (Lipinski definition) is 7. The van der Waals surface area contributed by atoms with Gasteiger partial charge in [0.1, 0.15) is 17.3 Å². The Morgan fingerprint density at radius 3 is 2.50 bits per heavy atom. The van der Waals surface area contributed by atoms with E-state index in [0.717, 1.165) is 5.56 Å². The van der Waals surface area contributed by atoms with Gasteiger partial charge in [-0.05, 0) is 23.5 Å². The molecule has 2 aromatic rings. The Labute approximate surface area is 169 Å². The maximum absolute atomic E-state index is 12.1. The Bertz CT molecular complexity index is 846. The minimum absolute atomic E-state index is 0.0498.